The van der Waals surface area contributed by atoms with Crippen molar-refractivity contribution in [1.82, 2.24) is 4.90 Å². The van der Waals surface area contributed by atoms with Gasteiger partial charge in [0.2, 0.25) is 5.91 Å². The molecule has 0 spiro atoms. The lowest BCUT2D eigenvalue weighted by atomic mass is 9.89. The van der Waals surface area contributed by atoms with Crippen LogP contribution in [0.5, 0.6) is 0 Å². The maximum atomic E-state index is 12.6. The molecule has 2 aromatic rings. The number of rotatable bonds is 7. The maximum Gasteiger partial charge on any atom is 0.223 e. The molecule has 0 heterocycles. The molecule has 0 saturated heterocycles. The fraction of sp³-hybridized carbons (Fsp3) is 0.350. The van der Waals surface area contributed by atoms with Crippen molar-refractivity contribution >= 4 is 18.3 Å². The Kier molecular flexibility index (Phi) is 8.51. The summed E-state index contributed by atoms with van der Waals surface area (Å²) in [6.45, 7) is 2.46. The van der Waals surface area contributed by atoms with Gasteiger partial charge in [-0.2, -0.15) is 0 Å². The molecule has 2 atom stereocenters. The third-order valence-corrected chi connectivity index (χ3v) is 4.41. The molecule has 0 fully saturated rings. The lowest BCUT2D eigenvalue weighted by Gasteiger charge is -2.26. The minimum Gasteiger partial charge on any atom is -0.342 e. The van der Waals surface area contributed by atoms with Gasteiger partial charge in [-0.1, -0.05) is 60.7 Å². The lowest BCUT2D eigenvalue weighted by molar-refractivity contribution is -0.131. The normalized spacial score (nSPS) is 12.8. The zero-order valence-corrected chi connectivity index (χ0v) is 15.2. The van der Waals surface area contributed by atoms with Gasteiger partial charge in [0.05, 0.1) is 0 Å². The summed E-state index contributed by atoms with van der Waals surface area (Å²) in [5.74, 6) is 0.325. The summed E-state index contributed by atoms with van der Waals surface area (Å²) in [5, 5.41) is 0. The van der Waals surface area contributed by atoms with Gasteiger partial charge in [0.1, 0.15) is 0 Å². The SMILES string of the molecule is CC(CN)N(C)C(=O)CC(Cc1ccccc1)c1ccccc1.Cl. The number of hydrogen-bond donors (Lipinski definition) is 1. The second kappa shape index (κ2) is 10.1. The number of amides is 1. The fourth-order valence-electron chi connectivity index (χ4n) is 2.69. The topological polar surface area (TPSA) is 46.3 Å². The molecule has 130 valence electrons. The van der Waals surface area contributed by atoms with E-state index in [2.05, 4.69) is 24.3 Å². The van der Waals surface area contributed by atoms with Crippen molar-refractivity contribution in [1.29, 1.82) is 0 Å². The van der Waals surface area contributed by atoms with E-state index in [4.69, 9.17) is 5.73 Å². The highest BCUT2D eigenvalue weighted by Gasteiger charge is 2.21. The first-order valence-corrected chi connectivity index (χ1v) is 8.16. The van der Waals surface area contributed by atoms with Crippen LogP contribution in [0.15, 0.2) is 60.7 Å². The molecule has 2 aromatic carbocycles. The number of hydrogen-bond acceptors (Lipinski definition) is 2. The van der Waals surface area contributed by atoms with E-state index in [1.807, 2.05) is 50.4 Å². The fourth-order valence-corrected chi connectivity index (χ4v) is 2.69. The van der Waals surface area contributed by atoms with E-state index >= 15 is 0 Å². The average Bonchev–Trinajstić information content (AvgIpc) is 2.61. The Morgan fingerprint density at radius 3 is 2.12 bits per heavy atom. The van der Waals surface area contributed by atoms with Crippen LogP contribution in [0.3, 0.4) is 0 Å². The van der Waals surface area contributed by atoms with Gasteiger partial charge in [-0.3, -0.25) is 4.79 Å². The molecule has 24 heavy (non-hydrogen) atoms. The van der Waals surface area contributed by atoms with Crippen molar-refractivity contribution in [3.05, 3.63) is 71.8 Å². The molecule has 0 aliphatic rings. The van der Waals surface area contributed by atoms with Crippen molar-refractivity contribution < 1.29 is 4.79 Å². The summed E-state index contributed by atoms with van der Waals surface area (Å²) in [5.41, 5.74) is 8.14. The zero-order chi connectivity index (χ0) is 16.7. The molecule has 2 N–H and O–H groups in total. The summed E-state index contributed by atoms with van der Waals surface area (Å²) in [4.78, 5) is 14.4. The molecule has 0 aromatic heterocycles. The van der Waals surface area contributed by atoms with Gasteiger partial charge in [-0.25, -0.2) is 0 Å². The number of carbonyl (C=O) groups excluding carboxylic acids is 1. The molecule has 2 rings (SSSR count). The Hall–Kier alpha value is -1.84. The van der Waals surface area contributed by atoms with Gasteiger partial charge in [0.25, 0.3) is 0 Å². The second-order valence-electron chi connectivity index (χ2n) is 6.09. The van der Waals surface area contributed by atoms with Crippen LogP contribution in [0.2, 0.25) is 0 Å². The molecule has 0 aliphatic heterocycles. The number of nitrogens with two attached hydrogens (primary N) is 1. The van der Waals surface area contributed by atoms with Crippen LogP contribution >= 0.6 is 12.4 Å². The number of likely N-dealkylation sites (N-methyl/N-ethyl adjacent to an activating group) is 1. The van der Waals surface area contributed by atoms with Crippen LogP contribution in [-0.2, 0) is 11.2 Å². The highest BCUT2D eigenvalue weighted by Crippen LogP contribution is 2.25. The monoisotopic (exact) mass is 346 g/mol. The highest BCUT2D eigenvalue weighted by molar-refractivity contribution is 5.85. The Labute approximate surface area is 151 Å². The summed E-state index contributed by atoms with van der Waals surface area (Å²) < 4.78 is 0. The standard InChI is InChI=1S/C20H26N2O.ClH/c1-16(15-21)22(2)20(23)14-19(18-11-7-4-8-12-18)13-17-9-5-3-6-10-17;/h3-12,16,19H,13-15,21H2,1-2H3;1H. The van der Waals surface area contributed by atoms with Crippen LogP contribution < -0.4 is 5.73 Å². The van der Waals surface area contributed by atoms with Gasteiger partial charge in [-0.05, 0) is 30.4 Å². The van der Waals surface area contributed by atoms with Gasteiger partial charge in [0.15, 0.2) is 0 Å². The van der Waals surface area contributed by atoms with E-state index in [1.165, 1.54) is 11.1 Å². The predicted molar refractivity (Wildman–Crippen MR) is 102 cm³/mol. The van der Waals surface area contributed by atoms with Crippen LogP contribution in [0.4, 0.5) is 0 Å². The van der Waals surface area contributed by atoms with Crippen molar-refractivity contribution in [2.45, 2.75) is 31.7 Å². The van der Waals surface area contributed by atoms with E-state index in [9.17, 15) is 4.79 Å². The Bertz CT molecular complexity index is 604. The summed E-state index contributed by atoms with van der Waals surface area (Å²) in [7, 11) is 1.84. The molecular weight excluding hydrogens is 320 g/mol. The first-order valence-electron chi connectivity index (χ1n) is 8.16. The molecular formula is C20H27ClN2O. The molecule has 0 aliphatic carbocycles. The van der Waals surface area contributed by atoms with Crippen molar-refractivity contribution in [2.75, 3.05) is 13.6 Å². The first-order chi connectivity index (χ1) is 11.1. The lowest BCUT2D eigenvalue weighted by Crippen LogP contribution is -2.40. The molecule has 1 amide bonds. The van der Waals surface area contributed by atoms with E-state index < -0.39 is 0 Å². The van der Waals surface area contributed by atoms with Gasteiger partial charge in [0, 0.05) is 26.1 Å². The molecule has 3 nitrogen and oxygen atoms in total. The van der Waals surface area contributed by atoms with Crippen molar-refractivity contribution in [3.8, 4) is 0 Å². The van der Waals surface area contributed by atoms with E-state index in [0.29, 0.717) is 13.0 Å². The maximum absolute atomic E-state index is 12.6. The predicted octanol–water partition coefficient (Wildman–Crippen LogP) is 3.63. The van der Waals surface area contributed by atoms with Crippen LogP contribution in [0.1, 0.15) is 30.4 Å². The largest absolute Gasteiger partial charge is 0.342 e. The van der Waals surface area contributed by atoms with E-state index in [0.717, 1.165) is 6.42 Å². The highest BCUT2D eigenvalue weighted by atomic mass is 35.5. The van der Waals surface area contributed by atoms with Crippen molar-refractivity contribution in [3.63, 3.8) is 0 Å². The van der Waals surface area contributed by atoms with Gasteiger partial charge in [-0.15, -0.1) is 12.4 Å². The number of carbonyl (C=O) groups is 1. The van der Waals surface area contributed by atoms with Crippen LogP contribution in [0.25, 0.3) is 0 Å². The average molecular weight is 347 g/mol. The number of benzene rings is 2. The van der Waals surface area contributed by atoms with E-state index in [1.54, 1.807) is 4.90 Å². The van der Waals surface area contributed by atoms with Gasteiger partial charge >= 0.3 is 0 Å². The smallest absolute Gasteiger partial charge is 0.223 e. The minimum absolute atomic E-state index is 0. The first kappa shape index (κ1) is 20.2. The molecule has 2 unspecified atom stereocenters. The zero-order valence-electron chi connectivity index (χ0n) is 14.4. The summed E-state index contributed by atoms with van der Waals surface area (Å²) >= 11 is 0. The molecule has 0 bridgehead atoms. The van der Waals surface area contributed by atoms with E-state index in [-0.39, 0.29) is 30.3 Å². The summed E-state index contributed by atoms with van der Waals surface area (Å²) in [6.07, 6.45) is 1.36. The van der Waals surface area contributed by atoms with Gasteiger partial charge < -0.3 is 10.6 Å². The summed E-state index contributed by atoms with van der Waals surface area (Å²) in [6, 6.07) is 20.7. The Morgan fingerprint density at radius 2 is 1.58 bits per heavy atom. The minimum atomic E-state index is 0. The number of nitrogens with zero attached hydrogens (tertiary/aromatic N) is 1. The molecule has 4 heteroatoms. The molecule has 0 saturated carbocycles. The Morgan fingerprint density at radius 1 is 1.04 bits per heavy atom. The Balaban J connectivity index is 0.00000288. The quantitative estimate of drug-likeness (QED) is 0.832. The third kappa shape index (κ3) is 5.66. The third-order valence-electron chi connectivity index (χ3n) is 4.41. The number of halogens is 1. The van der Waals surface area contributed by atoms with Crippen LogP contribution in [0, 0.1) is 0 Å². The second-order valence-corrected chi connectivity index (χ2v) is 6.09. The molecule has 0 radical (unpaired) electrons. The van der Waals surface area contributed by atoms with Crippen molar-refractivity contribution in [2.24, 2.45) is 5.73 Å². The van der Waals surface area contributed by atoms with Crippen LogP contribution in [-0.4, -0.2) is 30.4 Å².